The number of esters is 1. The van der Waals surface area contributed by atoms with Crippen molar-refractivity contribution in [2.45, 2.75) is 13.0 Å². The molecular weight excluding hydrogens is 323 g/mol. The summed E-state index contributed by atoms with van der Waals surface area (Å²) >= 11 is 5.63. The first-order chi connectivity index (χ1) is 10.9. The lowest BCUT2D eigenvalue weighted by Gasteiger charge is -2.13. The Hall–Kier alpha value is -2.40. The highest BCUT2D eigenvalue weighted by molar-refractivity contribution is 6.30. The summed E-state index contributed by atoms with van der Waals surface area (Å²) in [5.74, 6) is -1.51. The van der Waals surface area contributed by atoms with Gasteiger partial charge in [0.05, 0.1) is 12.7 Å². The van der Waals surface area contributed by atoms with Crippen molar-refractivity contribution in [3.05, 3.63) is 64.4 Å². The van der Waals surface area contributed by atoms with Gasteiger partial charge in [0.15, 0.2) is 6.10 Å². The molecule has 2 aromatic rings. The van der Waals surface area contributed by atoms with E-state index in [0.29, 0.717) is 11.3 Å². The van der Waals surface area contributed by atoms with Crippen molar-refractivity contribution < 1.29 is 23.5 Å². The SMILES string of the molecule is COc1ccc(C(=O)[C@H](C)OC(=O)c2ccc(Cl)cc2F)cc1. The van der Waals surface area contributed by atoms with E-state index < -0.39 is 23.7 Å². The van der Waals surface area contributed by atoms with Crippen LogP contribution in [0, 0.1) is 5.82 Å². The van der Waals surface area contributed by atoms with Gasteiger partial charge in [0, 0.05) is 10.6 Å². The normalized spacial score (nSPS) is 11.7. The number of ketones is 1. The summed E-state index contributed by atoms with van der Waals surface area (Å²) in [6.45, 7) is 1.43. The lowest BCUT2D eigenvalue weighted by atomic mass is 10.1. The van der Waals surface area contributed by atoms with Crippen molar-refractivity contribution in [1.82, 2.24) is 0 Å². The minimum absolute atomic E-state index is 0.168. The van der Waals surface area contributed by atoms with E-state index in [1.165, 1.54) is 26.2 Å². The standard InChI is InChI=1S/C17H14ClFO4/c1-10(16(20)11-3-6-13(22-2)7-4-11)23-17(21)14-8-5-12(18)9-15(14)19/h3-10H,1-2H3/t10-/m0/s1. The fraction of sp³-hybridized carbons (Fsp3) is 0.176. The first-order valence-corrected chi connectivity index (χ1v) is 7.14. The van der Waals surface area contributed by atoms with Crippen LogP contribution < -0.4 is 4.74 Å². The summed E-state index contributed by atoms with van der Waals surface area (Å²) in [7, 11) is 1.52. The number of hydrogen-bond donors (Lipinski definition) is 0. The minimum atomic E-state index is -1.05. The van der Waals surface area contributed by atoms with Crippen LogP contribution in [0.4, 0.5) is 4.39 Å². The topological polar surface area (TPSA) is 52.6 Å². The van der Waals surface area contributed by atoms with Crippen LogP contribution in [0.2, 0.25) is 5.02 Å². The number of halogens is 2. The van der Waals surface area contributed by atoms with Gasteiger partial charge < -0.3 is 9.47 Å². The second kappa shape index (κ2) is 7.24. The number of carbonyl (C=O) groups is 2. The molecule has 23 heavy (non-hydrogen) atoms. The molecule has 4 nitrogen and oxygen atoms in total. The molecule has 0 saturated heterocycles. The Labute approximate surface area is 137 Å². The number of carbonyl (C=O) groups excluding carboxylic acids is 2. The van der Waals surface area contributed by atoms with Crippen LogP contribution in [0.1, 0.15) is 27.6 Å². The van der Waals surface area contributed by atoms with Gasteiger partial charge in [-0.1, -0.05) is 11.6 Å². The second-order valence-corrected chi connectivity index (χ2v) is 5.20. The molecule has 0 aliphatic heterocycles. The number of methoxy groups -OCH3 is 1. The van der Waals surface area contributed by atoms with Crippen LogP contribution in [0.5, 0.6) is 5.75 Å². The van der Waals surface area contributed by atoms with Crippen LogP contribution in [0.3, 0.4) is 0 Å². The second-order valence-electron chi connectivity index (χ2n) is 4.76. The Balaban J connectivity index is 2.09. The van der Waals surface area contributed by atoms with Gasteiger partial charge in [-0.2, -0.15) is 0 Å². The maximum absolute atomic E-state index is 13.7. The molecule has 0 N–H and O–H groups in total. The van der Waals surface area contributed by atoms with E-state index in [-0.39, 0.29) is 10.6 Å². The average Bonchev–Trinajstić information content (AvgIpc) is 2.54. The highest BCUT2D eigenvalue weighted by Crippen LogP contribution is 2.18. The predicted octanol–water partition coefficient (Wildman–Crippen LogP) is 3.92. The molecule has 0 bridgehead atoms. The molecular formula is C17H14ClFO4. The fourth-order valence-electron chi connectivity index (χ4n) is 1.92. The molecule has 0 aliphatic carbocycles. The minimum Gasteiger partial charge on any atom is -0.497 e. The monoisotopic (exact) mass is 336 g/mol. The van der Waals surface area contributed by atoms with E-state index in [0.717, 1.165) is 6.07 Å². The van der Waals surface area contributed by atoms with E-state index in [4.69, 9.17) is 21.1 Å². The highest BCUT2D eigenvalue weighted by Gasteiger charge is 2.22. The smallest absolute Gasteiger partial charge is 0.341 e. The molecule has 0 aromatic heterocycles. The number of hydrogen-bond acceptors (Lipinski definition) is 4. The molecule has 2 aromatic carbocycles. The van der Waals surface area contributed by atoms with Gasteiger partial charge in [0.2, 0.25) is 5.78 Å². The lowest BCUT2D eigenvalue weighted by molar-refractivity contribution is 0.0314. The van der Waals surface area contributed by atoms with Crippen LogP contribution in [0.15, 0.2) is 42.5 Å². The zero-order valence-corrected chi connectivity index (χ0v) is 13.3. The van der Waals surface area contributed by atoms with Crippen molar-refractivity contribution in [2.75, 3.05) is 7.11 Å². The molecule has 0 spiro atoms. The molecule has 120 valence electrons. The summed E-state index contributed by atoms with van der Waals surface area (Å²) in [5, 5.41) is 0.168. The fourth-order valence-corrected chi connectivity index (χ4v) is 2.08. The summed E-state index contributed by atoms with van der Waals surface area (Å²) in [6.07, 6.45) is -1.05. The third kappa shape index (κ3) is 4.07. The van der Waals surface area contributed by atoms with Gasteiger partial charge in [-0.25, -0.2) is 9.18 Å². The molecule has 6 heteroatoms. The zero-order valence-electron chi connectivity index (χ0n) is 12.5. The molecule has 0 amide bonds. The van der Waals surface area contributed by atoms with E-state index in [1.807, 2.05) is 0 Å². The Bertz CT molecular complexity index is 728. The number of ether oxygens (including phenoxy) is 2. The van der Waals surface area contributed by atoms with Gasteiger partial charge in [0.1, 0.15) is 11.6 Å². The van der Waals surface area contributed by atoms with Gasteiger partial charge in [0.25, 0.3) is 0 Å². The van der Waals surface area contributed by atoms with Crippen molar-refractivity contribution in [2.24, 2.45) is 0 Å². The summed E-state index contributed by atoms with van der Waals surface area (Å²) < 4.78 is 23.7. The molecule has 0 unspecified atom stereocenters. The summed E-state index contributed by atoms with van der Waals surface area (Å²) in [6, 6.07) is 9.97. The van der Waals surface area contributed by atoms with Crippen LogP contribution >= 0.6 is 11.6 Å². The van der Waals surface area contributed by atoms with Gasteiger partial charge in [-0.3, -0.25) is 4.79 Å². The van der Waals surface area contributed by atoms with Gasteiger partial charge >= 0.3 is 5.97 Å². The van der Waals surface area contributed by atoms with Crippen LogP contribution in [-0.2, 0) is 4.74 Å². The largest absolute Gasteiger partial charge is 0.497 e. The summed E-state index contributed by atoms with van der Waals surface area (Å²) in [5.41, 5.74) is 0.0893. The van der Waals surface area contributed by atoms with Crippen molar-refractivity contribution in [3.8, 4) is 5.75 Å². The molecule has 0 fully saturated rings. The molecule has 0 saturated carbocycles. The van der Waals surface area contributed by atoms with E-state index in [1.54, 1.807) is 24.3 Å². The van der Waals surface area contributed by atoms with Crippen LogP contribution in [0.25, 0.3) is 0 Å². The maximum atomic E-state index is 13.7. The number of rotatable bonds is 5. The Kier molecular flexibility index (Phi) is 5.34. The van der Waals surface area contributed by atoms with E-state index in [2.05, 4.69) is 0 Å². The van der Waals surface area contributed by atoms with Crippen LogP contribution in [-0.4, -0.2) is 25.0 Å². The zero-order chi connectivity index (χ0) is 17.0. The highest BCUT2D eigenvalue weighted by atomic mass is 35.5. The Morgan fingerprint density at radius 1 is 1.13 bits per heavy atom. The number of Topliss-reactive ketones (excluding diaryl/α,β-unsaturated/α-hetero) is 1. The summed E-state index contributed by atoms with van der Waals surface area (Å²) in [4.78, 5) is 24.2. The average molecular weight is 337 g/mol. The third-order valence-electron chi connectivity index (χ3n) is 3.18. The van der Waals surface area contributed by atoms with E-state index >= 15 is 0 Å². The Morgan fingerprint density at radius 3 is 2.35 bits per heavy atom. The predicted molar refractivity (Wildman–Crippen MR) is 83.6 cm³/mol. The lowest BCUT2D eigenvalue weighted by Crippen LogP contribution is -2.24. The van der Waals surface area contributed by atoms with Crippen molar-refractivity contribution >= 4 is 23.4 Å². The maximum Gasteiger partial charge on any atom is 0.341 e. The molecule has 0 radical (unpaired) electrons. The molecule has 2 rings (SSSR count). The first kappa shape index (κ1) is 17.0. The van der Waals surface area contributed by atoms with Gasteiger partial charge in [-0.15, -0.1) is 0 Å². The first-order valence-electron chi connectivity index (χ1n) is 6.76. The quantitative estimate of drug-likeness (QED) is 0.613. The molecule has 0 heterocycles. The molecule has 1 atom stereocenters. The molecule has 0 aliphatic rings. The van der Waals surface area contributed by atoms with Gasteiger partial charge in [-0.05, 0) is 49.4 Å². The van der Waals surface area contributed by atoms with E-state index in [9.17, 15) is 14.0 Å². The Morgan fingerprint density at radius 2 is 1.78 bits per heavy atom. The number of benzene rings is 2. The van der Waals surface area contributed by atoms with Crippen molar-refractivity contribution in [3.63, 3.8) is 0 Å². The van der Waals surface area contributed by atoms with Crippen molar-refractivity contribution in [1.29, 1.82) is 0 Å². The third-order valence-corrected chi connectivity index (χ3v) is 3.41.